The van der Waals surface area contributed by atoms with Crippen LogP contribution in [0.15, 0.2) is 24.8 Å². The summed E-state index contributed by atoms with van der Waals surface area (Å²) in [5.74, 6) is -3.41. The number of aromatic carboxylic acids is 2. The highest BCUT2D eigenvalue weighted by Crippen LogP contribution is 2.28. The van der Waals surface area contributed by atoms with Crippen molar-refractivity contribution in [2.45, 2.75) is 19.8 Å². The van der Waals surface area contributed by atoms with Crippen LogP contribution in [-0.4, -0.2) is 28.1 Å². The number of ether oxygens (including phenoxy) is 1. The molecule has 0 saturated carbocycles. The van der Waals surface area contributed by atoms with E-state index in [2.05, 4.69) is 6.58 Å². The summed E-state index contributed by atoms with van der Waals surface area (Å²) < 4.78 is 4.96. The monoisotopic (exact) mass is 278 g/mol. The number of carbonyl (C=O) groups is 3. The Morgan fingerprint density at radius 3 is 2.35 bits per heavy atom. The molecule has 20 heavy (non-hydrogen) atoms. The molecule has 0 aliphatic rings. The molecule has 2 N–H and O–H groups in total. The Bertz CT molecular complexity index is 573. The lowest BCUT2D eigenvalue weighted by Gasteiger charge is -2.13. The molecular formula is C14H14O6. The summed E-state index contributed by atoms with van der Waals surface area (Å²) in [6.45, 7) is 5.05. The maximum Gasteiger partial charge on any atom is 0.336 e. The summed E-state index contributed by atoms with van der Waals surface area (Å²) in [6.07, 6.45) is 1.80. The van der Waals surface area contributed by atoms with E-state index in [-0.39, 0.29) is 28.9 Å². The maximum absolute atomic E-state index is 11.3. The number of hydrogen-bond donors (Lipinski definition) is 2. The number of carbonyl (C=O) groups excluding carboxylic acids is 1. The molecule has 0 unspecified atom stereocenters. The van der Waals surface area contributed by atoms with E-state index >= 15 is 0 Å². The number of esters is 1. The predicted octanol–water partition coefficient (Wildman–Crippen LogP) is 2.13. The van der Waals surface area contributed by atoms with Gasteiger partial charge in [-0.2, -0.15) is 0 Å². The molecule has 0 spiro atoms. The third-order valence-corrected chi connectivity index (χ3v) is 2.59. The van der Waals surface area contributed by atoms with Gasteiger partial charge >= 0.3 is 17.9 Å². The van der Waals surface area contributed by atoms with Gasteiger partial charge in [0.05, 0.1) is 11.1 Å². The normalized spacial score (nSPS) is 9.85. The molecule has 0 amide bonds. The van der Waals surface area contributed by atoms with Crippen LogP contribution in [0, 0.1) is 0 Å². The van der Waals surface area contributed by atoms with E-state index in [4.69, 9.17) is 9.84 Å². The summed E-state index contributed by atoms with van der Waals surface area (Å²) in [7, 11) is 0. The van der Waals surface area contributed by atoms with Crippen LogP contribution in [0.25, 0.3) is 0 Å². The topological polar surface area (TPSA) is 101 Å². The highest BCUT2D eigenvalue weighted by Gasteiger charge is 2.23. The molecule has 0 bridgehead atoms. The van der Waals surface area contributed by atoms with Crippen LogP contribution in [-0.2, 0) is 11.2 Å². The van der Waals surface area contributed by atoms with Crippen LogP contribution in [0.4, 0.5) is 0 Å². The Morgan fingerprint density at radius 1 is 1.25 bits per heavy atom. The molecule has 6 nitrogen and oxygen atoms in total. The van der Waals surface area contributed by atoms with Crippen LogP contribution < -0.4 is 4.74 Å². The second-order valence-electron chi connectivity index (χ2n) is 3.95. The highest BCUT2D eigenvalue weighted by molar-refractivity contribution is 6.03. The molecule has 0 aliphatic carbocycles. The van der Waals surface area contributed by atoms with Gasteiger partial charge in [-0.3, -0.25) is 0 Å². The van der Waals surface area contributed by atoms with Crippen molar-refractivity contribution in [3.05, 3.63) is 41.5 Å². The average Bonchev–Trinajstić information content (AvgIpc) is 2.39. The second kappa shape index (κ2) is 6.51. The first-order valence-corrected chi connectivity index (χ1v) is 5.89. The third-order valence-electron chi connectivity index (χ3n) is 2.59. The van der Waals surface area contributed by atoms with E-state index < -0.39 is 17.9 Å². The Labute approximate surface area is 115 Å². The van der Waals surface area contributed by atoms with Gasteiger partial charge < -0.3 is 14.9 Å². The lowest BCUT2D eigenvalue weighted by molar-refractivity contribution is -0.129. The zero-order valence-corrected chi connectivity index (χ0v) is 10.9. The second-order valence-corrected chi connectivity index (χ2v) is 3.95. The van der Waals surface area contributed by atoms with Gasteiger partial charge in [-0.1, -0.05) is 19.9 Å². The van der Waals surface area contributed by atoms with E-state index in [1.807, 2.05) is 0 Å². The summed E-state index contributed by atoms with van der Waals surface area (Å²) >= 11 is 0. The molecule has 0 saturated heterocycles. The molecular weight excluding hydrogens is 264 g/mol. The summed E-state index contributed by atoms with van der Waals surface area (Å²) in [5.41, 5.74) is -0.497. The van der Waals surface area contributed by atoms with Gasteiger partial charge in [-0.15, -0.1) is 0 Å². The van der Waals surface area contributed by atoms with E-state index in [0.29, 0.717) is 6.42 Å². The molecule has 6 heteroatoms. The zero-order valence-electron chi connectivity index (χ0n) is 10.9. The summed E-state index contributed by atoms with van der Waals surface area (Å²) in [6, 6.07) is 2.39. The number of hydrogen-bond acceptors (Lipinski definition) is 4. The van der Waals surface area contributed by atoms with Crippen molar-refractivity contribution in [3.63, 3.8) is 0 Å². The smallest absolute Gasteiger partial charge is 0.336 e. The minimum absolute atomic E-state index is 0.0409. The minimum atomic E-state index is -1.37. The van der Waals surface area contributed by atoms with Gasteiger partial charge in [-0.25, -0.2) is 14.4 Å². The van der Waals surface area contributed by atoms with Gasteiger partial charge in [0.1, 0.15) is 5.75 Å². The third kappa shape index (κ3) is 3.23. The van der Waals surface area contributed by atoms with Gasteiger partial charge in [0, 0.05) is 11.6 Å². The first kappa shape index (κ1) is 15.4. The van der Waals surface area contributed by atoms with Crippen molar-refractivity contribution in [2.75, 3.05) is 0 Å². The van der Waals surface area contributed by atoms with E-state index in [1.54, 1.807) is 6.92 Å². The lowest BCUT2D eigenvalue weighted by atomic mass is 9.96. The molecule has 1 rings (SSSR count). The molecule has 0 aromatic heterocycles. The molecule has 0 radical (unpaired) electrons. The van der Waals surface area contributed by atoms with Gasteiger partial charge in [0.15, 0.2) is 0 Å². The van der Waals surface area contributed by atoms with Crippen molar-refractivity contribution in [1.82, 2.24) is 0 Å². The Hall–Kier alpha value is -2.63. The van der Waals surface area contributed by atoms with Crippen molar-refractivity contribution in [2.24, 2.45) is 0 Å². The molecule has 1 aromatic carbocycles. The number of benzene rings is 1. The van der Waals surface area contributed by atoms with Gasteiger partial charge in [0.25, 0.3) is 0 Å². The zero-order chi connectivity index (χ0) is 15.3. The molecule has 0 atom stereocenters. The summed E-state index contributed by atoms with van der Waals surface area (Å²) in [5, 5.41) is 18.3. The maximum atomic E-state index is 11.3. The van der Waals surface area contributed by atoms with Crippen LogP contribution in [0.2, 0.25) is 0 Å². The fourth-order valence-corrected chi connectivity index (χ4v) is 1.80. The SMILES string of the molecule is C=CC(=O)Oc1ccc(C(=O)O)c(C(=O)O)c1CCC. The summed E-state index contributed by atoms with van der Waals surface area (Å²) in [4.78, 5) is 33.6. The molecule has 0 heterocycles. The van der Waals surface area contributed by atoms with Crippen molar-refractivity contribution >= 4 is 17.9 Å². The van der Waals surface area contributed by atoms with Crippen LogP contribution in [0.3, 0.4) is 0 Å². The van der Waals surface area contributed by atoms with Crippen molar-refractivity contribution in [3.8, 4) is 5.75 Å². The Kier molecular flexibility index (Phi) is 5.02. The fourth-order valence-electron chi connectivity index (χ4n) is 1.80. The quantitative estimate of drug-likeness (QED) is 0.469. The molecule has 0 aliphatic heterocycles. The van der Waals surface area contributed by atoms with Crippen LogP contribution >= 0.6 is 0 Å². The fraction of sp³-hybridized carbons (Fsp3) is 0.214. The predicted molar refractivity (Wildman–Crippen MR) is 70.2 cm³/mol. The van der Waals surface area contributed by atoms with E-state index in [1.165, 1.54) is 6.07 Å². The first-order valence-electron chi connectivity index (χ1n) is 5.89. The van der Waals surface area contributed by atoms with Crippen molar-refractivity contribution in [1.29, 1.82) is 0 Å². The minimum Gasteiger partial charge on any atom is -0.478 e. The van der Waals surface area contributed by atoms with E-state index in [0.717, 1.165) is 12.1 Å². The highest BCUT2D eigenvalue weighted by atomic mass is 16.5. The molecule has 1 aromatic rings. The number of carboxylic acids is 2. The average molecular weight is 278 g/mol. The molecule has 106 valence electrons. The largest absolute Gasteiger partial charge is 0.478 e. The standard InChI is InChI=1S/C14H14O6/c1-3-5-8-10(20-11(15)4-2)7-6-9(13(16)17)12(8)14(18)19/h4,6-7H,2-3,5H2,1H3,(H,16,17)(H,18,19). The van der Waals surface area contributed by atoms with Gasteiger partial charge in [-0.05, 0) is 18.6 Å². The first-order chi connectivity index (χ1) is 9.42. The number of rotatable bonds is 6. The lowest BCUT2D eigenvalue weighted by Crippen LogP contribution is -2.14. The van der Waals surface area contributed by atoms with Gasteiger partial charge in [0.2, 0.25) is 0 Å². The number of carboxylic acid groups (broad SMARTS) is 2. The van der Waals surface area contributed by atoms with Crippen LogP contribution in [0.5, 0.6) is 5.75 Å². The van der Waals surface area contributed by atoms with Crippen molar-refractivity contribution < 1.29 is 29.3 Å². The Balaban J connectivity index is 3.50. The van der Waals surface area contributed by atoms with Crippen LogP contribution in [0.1, 0.15) is 39.6 Å². The van der Waals surface area contributed by atoms with E-state index in [9.17, 15) is 19.5 Å². The Morgan fingerprint density at radius 2 is 1.90 bits per heavy atom. The molecule has 0 fully saturated rings.